The molecule has 15 nitrogen and oxygen atoms in total. The monoisotopic (exact) mass is 936 g/mol. The summed E-state index contributed by atoms with van der Waals surface area (Å²) in [5, 5.41) is 27.3. The predicted octanol–water partition coefficient (Wildman–Crippen LogP) is 8.91. The number of aromatic amines is 1. The van der Waals surface area contributed by atoms with Crippen LogP contribution in [-0.4, -0.2) is 97.2 Å². The summed E-state index contributed by atoms with van der Waals surface area (Å²) in [6, 6.07) is 21.0. The van der Waals surface area contributed by atoms with Gasteiger partial charge in [0.25, 0.3) is 21.6 Å². The van der Waals surface area contributed by atoms with Gasteiger partial charge in [-0.2, -0.15) is 4.98 Å². The lowest BCUT2D eigenvalue weighted by Gasteiger charge is -2.39. The number of amides is 1. The predicted molar refractivity (Wildman–Crippen MR) is 259 cm³/mol. The van der Waals surface area contributed by atoms with Crippen LogP contribution in [0.2, 0.25) is 5.02 Å². The number of carbonyl (C=O) groups excluding carboxylic acids is 1. The van der Waals surface area contributed by atoms with Crippen LogP contribution in [0.4, 0.5) is 28.4 Å². The standard InChI is InChI=1S/C49H57ClN8O7S/c1-48(2)16-14-35(40(29-48)33-4-6-36(50)7-5-33)31-55-20-22-56(23-21-55)37-8-10-39(42(27-37)57-24-25-65-47-44(57)26-34-15-19-51-45(34)53-47)46(59)54-66(63,64)38-9-11-41(43(28-38)58(61)62)52-30-32-12-17-49(3,60)18-13-32/h4-11,15,19,26-28,32,52,60H,12-14,16-18,20-25,29-31H2,1-3H3,(H,51,53)(H,54,59)/t32-,49-. The van der Waals surface area contributed by atoms with Gasteiger partial charge in [-0.15, -0.1) is 0 Å². The third kappa shape index (κ3) is 9.87. The van der Waals surface area contributed by atoms with Crippen LogP contribution in [0, 0.1) is 21.4 Å². The molecule has 2 aliphatic carbocycles. The van der Waals surface area contributed by atoms with E-state index in [9.17, 15) is 28.4 Å². The molecule has 348 valence electrons. The van der Waals surface area contributed by atoms with Crippen LogP contribution >= 0.6 is 11.6 Å². The van der Waals surface area contributed by atoms with Gasteiger partial charge in [0.05, 0.1) is 33.2 Å². The summed E-state index contributed by atoms with van der Waals surface area (Å²) in [6.45, 7) is 11.6. The first-order chi connectivity index (χ1) is 31.5. The van der Waals surface area contributed by atoms with Gasteiger partial charge in [-0.25, -0.2) is 13.1 Å². The number of pyridine rings is 1. The zero-order valence-electron chi connectivity index (χ0n) is 37.6. The van der Waals surface area contributed by atoms with Crippen molar-refractivity contribution in [3.8, 4) is 5.88 Å². The van der Waals surface area contributed by atoms with Gasteiger partial charge in [-0.3, -0.25) is 19.8 Å². The Bertz CT molecular complexity index is 2790. The number of H-pyrrole nitrogens is 1. The van der Waals surface area contributed by atoms with E-state index >= 15 is 0 Å². The third-order valence-corrected chi connectivity index (χ3v) is 15.4. The van der Waals surface area contributed by atoms with Crippen molar-refractivity contribution in [3.05, 3.63) is 111 Å². The first kappa shape index (κ1) is 45.5. The van der Waals surface area contributed by atoms with Gasteiger partial charge in [0.2, 0.25) is 5.88 Å². The number of rotatable bonds is 12. The van der Waals surface area contributed by atoms with Gasteiger partial charge >= 0.3 is 0 Å². The van der Waals surface area contributed by atoms with Crippen molar-refractivity contribution in [2.75, 3.05) is 67.5 Å². The molecule has 1 amide bonds. The number of hydrogen-bond donors (Lipinski definition) is 4. The van der Waals surface area contributed by atoms with Gasteiger partial charge in [0.1, 0.15) is 23.6 Å². The molecule has 17 heteroatoms. The van der Waals surface area contributed by atoms with Gasteiger partial charge < -0.3 is 29.9 Å². The zero-order chi connectivity index (χ0) is 46.4. The maximum absolute atomic E-state index is 14.3. The molecule has 5 aromatic rings. The van der Waals surface area contributed by atoms with E-state index in [4.69, 9.17) is 21.3 Å². The average Bonchev–Trinajstić information content (AvgIpc) is 3.76. The lowest BCUT2D eigenvalue weighted by molar-refractivity contribution is -0.384. The fourth-order valence-corrected chi connectivity index (χ4v) is 11.0. The van der Waals surface area contributed by atoms with Crippen molar-refractivity contribution in [2.24, 2.45) is 11.3 Å². The fraction of sp³-hybridized carbons (Fsp3) is 0.429. The Kier molecular flexibility index (Phi) is 12.5. The minimum Gasteiger partial charge on any atom is -0.474 e. The molecule has 66 heavy (non-hydrogen) atoms. The van der Waals surface area contributed by atoms with Crippen molar-refractivity contribution >= 4 is 72.6 Å². The van der Waals surface area contributed by atoms with Gasteiger partial charge in [-0.05, 0) is 129 Å². The number of nitro benzene ring substituents is 1. The largest absolute Gasteiger partial charge is 0.474 e. The Morgan fingerprint density at radius 1 is 0.970 bits per heavy atom. The van der Waals surface area contributed by atoms with Crippen molar-refractivity contribution in [3.63, 3.8) is 0 Å². The number of piperazine rings is 1. The minimum absolute atomic E-state index is 0.101. The Balaban J connectivity index is 0.964. The quantitative estimate of drug-likeness (QED) is 0.0689. The van der Waals surface area contributed by atoms with Gasteiger partial charge in [0, 0.05) is 67.6 Å². The van der Waals surface area contributed by atoms with Crippen molar-refractivity contribution in [1.29, 1.82) is 0 Å². The zero-order valence-corrected chi connectivity index (χ0v) is 39.2. The second kappa shape index (κ2) is 18.2. The number of sulfonamides is 1. The van der Waals surface area contributed by atoms with E-state index in [1.807, 2.05) is 48.2 Å². The van der Waals surface area contributed by atoms with E-state index in [0.717, 1.165) is 87.0 Å². The highest BCUT2D eigenvalue weighted by Gasteiger charge is 2.33. The lowest BCUT2D eigenvalue weighted by atomic mass is 9.72. The molecule has 4 N–H and O–H groups in total. The molecule has 0 unspecified atom stereocenters. The molecular formula is C49H57ClN8O7S. The highest BCUT2D eigenvalue weighted by Crippen LogP contribution is 2.44. The number of allylic oxidation sites excluding steroid dienone is 1. The first-order valence-electron chi connectivity index (χ1n) is 22.8. The molecule has 0 radical (unpaired) electrons. The number of hydrogen-bond acceptors (Lipinski definition) is 12. The summed E-state index contributed by atoms with van der Waals surface area (Å²) < 4.78 is 36.1. The van der Waals surface area contributed by atoms with E-state index in [1.165, 1.54) is 28.8 Å². The van der Waals surface area contributed by atoms with Crippen molar-refractivity contribution < 1.29 is 28.0 Å². The smallest absolute Gasteiger partial charge is 0.293 e. The summed E-state index contributed by atoms with van der Waals surface area (Å²) >= 11 is 6.27. The number of ether oxygens (including phenoxy) is 1. The van der Waals surface area contributed by atoms with Crippen LogP contribution in [0.1, 0.15) is 81.6 Å². The van der Waals surface area contributed by atoms with E-state index in [0.29, 0.717) is 48.8 Å². The molecule has 2 aromatic heterocycles. The minimum atomic E-state index is -4.58. The number of nitrogens with zero attached hydrogens (tertiary/aromatic N) is 5. The molecule has 0 atom stereocenters. The van der Waals surface area contributed by atoms with Crippen LogP contribution in [0.15, 0.2) is 89.5 Å². The Morgan fingerprint density at radius 2 is 1.73 bits per heavy atom. The highest BCUT2D eigenvalue weighted by molar-refractivity contribution is 7.90. The van der Waals surface area contributed by atoms with Crippen molar-refractivity contribution in [2.45, 2.75) is 76.2 Å². The SMILES string of the molecule is CC1(C)CCC(CN2CCN(c3ccc(C(=O)NS(=O)(=O)c4ccc(NC[C@H]5CC[C@](C)(O)CC5)c([N+](=O)[O-])c4)c(N4CCOc5nc6[nH]ccc6cc54)c3)CC2)=C(c2ccc(Cl)cc2)C1. The number of anilines is 4. The van der Waals surface area contributed by atoms with Crippen molar-refractivity contribution in [1.82, 2.24) is 19.6 Å². The van der Waals surface area contributed by atoms with Gasteiger partial charge in [0.15, 0.2) is 0 Å². The van der Waals surface area contributed by atoms with E-state index < -0.39 is 37.0 Å². The van der Waals surface area contributed by atoms with Crippen LogP contribution < -0.4 is 24.6 Å². The molecule has 9 rings (SSSR count). The van der Waals surface area contributed by atoms with Crippen LogP contribution in [0.25, 0.3) is 16.6 Å². The van der Waals surface area contributed by atoms with Crippen LogP contribution in [0.5, 0.6) is 5.88 Å². The molecular weight excluding hydrogens is 880 g/mol. The molecule has 1 saturated heterocycles. The Labute approximate surface area is 390 Å². The number of carbonyl (C=O) groups is 1. The second-order valence-corrected chi connectivity index (χ2v) is 21.4. The topological polar surface area (TPSA) is 186 Å². The van der Waals surface area contributed by atoms with E-state index in [2.05, 4.69) is 50.8 Å². The fourth-order valence-electron chi connectivity index (χ4n) is 9.86. The summed E-state index contributed by atoms with van der Waals surface area (Å²) in [4.78, 5) is 40.1. The van der Waals surface area contributed by atoms with Gasteiger partial charge in [-0.1, -0.05) is 43.2 Å². The third-order valence-electron chi connectivity index (χ3n) is 13.8. The number of nitrogens with one attached hydrogen (secondary N) is 3. The maximum Gasteiger partial charge on any atom is 0.293 e. The average molecular weight is 938 g/mol. The van der Waals surface area contributed by atoms with E-state index in [1.54, 1.807) is 12.3 Å². The summed E-state index contributed by atoms with van der Waals surface area (Å²) in [7, 11) is -4.58. The Morgan fingerprint density at radius 3 is 2.47 bits per heavy atom. The summed E-state index contributed by atoms with van der Waals surface area (Å²) in [5.41, 5.74) is 6.12. The summed E-state index contributed by atoms with van der Waals surface area (Å²) in [6.07, 6.45) is 7.78. The molecule has 3 aromatic carbocycles. The number of benzene rings is 3. The number of halogens is 1. The number of nitro groups is 1. The Hall–Kier alpha value is -5.68. The molecule has 2 fully saturated rings. The molecule has 1 saturated carbocycles. The van der Waals surface area contributed by atoms with Crippen LogP contribution in [-0.2, 0) is 10.0 Å². The molecule has 0 bridgehead atoms. The van der Waals surface area contributed by atoms with E-state index in [-0.39, 0.29) is 29.2 Å². The highest BCUT2D eigenvalue weighted by atomic mass is 35.5. The number of fused-ring (bicyclic) bond motifs is 2. The number of aliphatic hydroxyl groups is 1. The maximum atomic E-state index is 14.3. The normalized spacial score (nSPS) is 21.3. The number of aromatic nitrogens is 2. The second-order valence-electron chi connectivity index (χ2n) is 19.3. The lowest BCUT2D eigenvalue weighted by Crippen LogP contribution is -2.47. The van der Waals surface area contributed by atoms with Crippen LogP contribution in [0.3, 0.4) is 0 Å². The molecule has 0 spiro atoms. The molecule has 4 heterocycles. The molecule has 2 aliphatic heterocycles. The first-order valence-corrected chi connectivity index (χ1v) is 24.7. The molecule has 4 aliphatic rings. The summed E-state index contributed by atoms with van der Waals surface area (Å²) in [5.74, 6) is -0.305.